The van der Waals surface area contributed by atoms with E-state index >= 15 is 0 Å². The Kier molecular flexibility index (Phi) is 8.10. The molecule has 4 aromatic carbocycles. The second-order valence-electron chi connectivity index (χ2n) is 13.3. The van der Waals surface area contributed by atoms with Crippen molar-refractivity contribution in [3.05, 3.63) is 132 Å². The van der Waals surface area contributed by atoms with Gasteiger partial charge in [0.05, 0.1) is 22.9 Å². The molecular weight excluding hydrogens is 583 g/mol. The molecule has 3 aromatic heterocycles. The summed E-state index contributed by atoms with van der Waals surface area (Å²) in [5, 5.41) is 6.92. The highest BCUT2D eigenvalue weighted by atomic mass is 19.1. The molecule has 0 radical (unpaired) electrons. The lowest BCUT2D eigenvalue weighted by molar-refractivity contribution is 0.483. The number of pyridine rings is 1. The van der Waals surface area contributed by atoms with Crippen molar-refractivity contribution < 1.29 is 9.13 Å². The molecule has 0 atom stereocenters. The summed E-state index contributed by atoms with van der Waals surface area (Å²) in [6, 6.07) is 29.6. The largest absolute Gasteiger partial charge is 0.457 e. The van der Waals surface area contributed by atoms with Crippen LogP contribution < -0.4 is 4.74 Å². The second-order valence-corrected chi connectivity index (χ2v) is 13.3. The van der Waals surface area contributed by atoms with E-state index < -0.39 is 0 Å². The minimum absolute atomic E-state index is 0.332. The van der Waals surface area contributed by atoms with Crippen molar-refractivity contribution in [3.63, 3.8) is 0 Å². The molecule has 0 amide bonds. The maximum atomic E-state index is 14.3. The van der Waals surface area contributed by atoms with E-state index in [4.69, 9.17) is 9.84 Å². The molecule has 0 bridgehead atoms. The SMILES string of the molecule is Cc1cc(CC(C)C)c(-c2cnn(-c3cccc(Oc4ccc5c6ccccc6n(-c6cc(F)ccn6)c5c4)c3)c2)c(CC(C)C)c1. The molecule has 0 aliphatic rings. The van der Waals surface area contributed by atoms with Crippen molar-refractivity contribution in [2.75, 3.05) is 0 Å². The van der Waals surface area contributed by atoms with Gasteiger partial charge in [-0.25, -0.2) is 14.1 Å². The summed E-state index contributed by atoms with van der Waals surface area (Å²) in [7, 11) is 0. The fourth-order valence-electron chi connectivity index (χ4n) is 6.71. The molecular formula is C41H39FN4O. The fraction of sp³-hybridized carbons (Fsp3) is 0.220. The number of hydrogen-bond acceptors (Lipinski definition) is 3. The zero-order chi connectivity index (χ0) is 32.7. The molecule has 0 aliphatic carbocycles. The van der Waals surface area contributed by atoms with Gasteiger partial charge < -0.3 is 4.74 Å². The van der Waals surface area contributed by atoms with Gasteiger partial charge in [0.2, 0.25) is 0 Å². The van der Waals surface area contributed by atoms with Crippen LogP contribution in [0.25, 0.3) is 44.4 Å². The third-order valence-electron chi connectivity index (χ3n) is 8.47. The molecule has 7 aromatic rings. The first-order valence-corrected chi connectivity index (χ1v) is 16.3. The van der Waals surface area contributed by atoms with E-state index in [1.165, 1.54) is 40.6 Å². The maximum absolute atomic E-state index is 14.3. The van der Waals surface area contributed by atoms with Crippen LogP contribution in [0.4, 0.5) is 4.39 Å². The summed E-state index contributed by atoms with van der Waals surface area (Å²) >= 11 is 0. The van der Waals surface area contributed by atoms with Gasteiger partial charge in [0.25, 0.3) is 0 Å². The molecule has 0 aliphatic heterocycles. The Balaban J connectivity index is 1.24. The summed E-state index contributed by atoms with van der Waals surface area (Å²) in [5.74, 6) is 2.66. The Bertz CT molecular complexity index is 2190. The quantitative estimate of drug-likeness (QED) is 0.161. The number of halogens is 1. The van der Waals surface area contributed by atoms with Crippen LogP contribution in [0, 0.1) is 24.6 Å². The first-order chi connectivity index (χ1) is 22.7. The number of hydrogen-bond donors (Lipinski definition) is 0. The molecule has 0 unspecified atom stereocenters. The van der Waals surface area contributed by atoms with E-state index in [2.05, 4.69) is 70.1 Å². The lowest BCUT2D eigenvalue weighted by atomic mass is 9.86. The van der Waals surface area contributed by atoms with Crippen LogP contribution in [0.1, 0.15) is 44.4 Å². The molecule has 3 heterocycles. The molecule has 7 rings (SSSR count). The maximum Gasteiger partial charge on any atom is 0.140 e. The van der Waals surface area contributed by atoms with E-state index in [9.17, 15) is 4.39 Å². The van der Waals surface area contributed by atoms with Crippen molar-refractivity contribution >= 4 is 21.8 Å². The zero-order valence-corrected chi connectivity index (χ0v) is 27.5. The van der Waals surface area contributed by atoms with Gasteiger partial charge in [-0.05, 0) is 84.7 Å². The van der Waals surface area contributed by atoms with Crippen LogP contribution in [0.3, 0.4) is 0 Å². The first kappa shape index (κ1) is 30.4. The minimum Gasteiger partial charge on any atom is -0.457 e. The fourth-order valence-corrected chi connectivity index (χ4v) is 6.71. The molecule has 236 valence electrons. The van der Waals surface area contributed by atoms with E-state index in [1.54, 1.807) is 0 Å². The summed E-state index contributed by atoms with van der Waals surface area (Å²) < 4.78 is 24.6. The van der Waals surface area contributed by atoms with Crippen LogP contribution in [-0.4, -0.2) is 19.3 Å². The summed E-state index contributed by atoms with van der Waals surface area (Å²) in [6.07, 6.45) is 7.66. The third kappa shape index (κ3) is 6.16. The number of benzene rings is 4. The molecule has 0 saturated carbocycles. The Morgan fingerprint density at radius 3 is 2.21 bits per heavy atom. The lowest BCUT2D eigenvalue weighted by Gasteiger charge is -2.18. The van der Waals surface area contributed by atoms with Gasteiger partial charge in [0.15, 0.2) is 0 Å². The first-order valence-electron chi connectivity index (χ1n) is 16.3. The number of rotatable bonds is 9. The predicted octanol–water partition coefficient (Wildman–Crippen LogP) is 10.7. The van der Waals surface area contributed by atoms with Crippen molar-refractivity contribution in [1.29, 1.82) is 0 Å². The predicted molar refractivity (Wildman–Crippen MR) is 189 cm³/mol. The van der Waals surface area contributed by atoms with Crippen molar-refractivity contribution in [1.82, 2.24) is 19.3 Å². The minimum atomic E-state index is -0.332. The molecule has 0 N–H and O–H groups in total. The van der Waals surface area contributed by atoms with Gasteiger partial charge in [-0.1, -0.05) is 69.7 Å². The van der Waals surface area contributed by atoms with E-state index in [0.29, 0.717) is 29.2 Å². The summed E-state index contributed by atoms with van der Waals surface area (Å²) in [4.78, 5) is 4.48. The number of fused-ring (bicyclic) bond motifs is 3. The highest BCUT2D eigenvalue weighted by molar-refractivity contribution is 6.09. The Morgan fingerprint density at radius 2 is 1.47 bits per heavy atom. The van der Waals surface area contributed by atoms with Gasteiger partial charge in [0.1, 0.15) is 23.1 Å². The number of aromatic nitrogens is 4. The van der Waals surface area contributed by atoms with Gasteiger partial charge in [-0.2, -0.15) is 5.10 Å². The number of ether oxygens (including phenoxy) is 1. The molecule has 5 nitrogen and oxygen atoms in total. The van der Waals surface area contributed by atoms with E-state index in [0.717, 1.165) is 45.9 Å². The number of nitrogens with zero attached hydrogens (tertiary/aromatic N) is 4. The van der Waals surface area contributed by atoms with Gasteiger partial charge in [-0.3, -0.25) is 4.57 Å². The Morgan fingerprint density at radius 1 is 0.745 bits per heavy atom. The van der Waals surface area contributed by atoms with Crippen molar-refractivity contribution in [2.24, 2.45) is 11.8 Å². The lowest BCUT2D eigenvalue weighted by Crippen LogP contribution is -2.04. The van der Waals surface area contributed by atoms with Gasteiger partial charge >= 0.3 is 0 Å². The van der Waals surface area contributed by atoms with Crippen molar-refractivity contribution in [2.45, 2.75) is 47.5 Å². The molecule has 0 spiro atoms. The Labute approximate surface area is 275 Å². The summed E-state index contributed by atoms with van der Waals surface area (Å²) in [5.41, 5.74) is 9.28. The van der Waals surface area contributed by atoms with Gasteiger partial charge in [-0.15, -0.1) is 0 Å². The van der Waals surface area contributed by atoms with Crippen LogP contribution in [0.2, 0.25) is 0 Å². The molecule has 47 heavy (non-hydrogen) atoms. The molecule has 0 fully saturated rings. The van der Waals surface area contributed by atoms with E-state index in [-0.39, 0.29) is 5.82 Å². The summed E-state index contributed by atoms with van der Waals surface area (Å²) in [6.45, 7) is 11.3. The Hall–Kier alpha value is -5.23. The monoisotopic (exact) mass is 622 g/mol. The van der Waals surface area contributed by atoms with Gasteiger partial charge in [0, 0.05) is 46.9 Å². The topological polar surface area (TPSA) is 44.9 Å². The molecule has 6 heteroatoms. The zero-order valence-electron chi connectivity index (χ0n) is 27.5. The van der Waals surface area contributed by atoms with Crippen LogP contribution in [0.5, 0.6) is 11.5 Å². The number of para-hydroxylation sites is 1. The van der Waals surface area contributed by atoms with Crippen LogP contribution in [-0.2, 0) is 12.8 Å². The number of aryl methyl sites for hydroxylation is 1. The smallest absolute Gasteiger partial charge is 0.140 e. The standard InChI is InChI=1S/C41H39FN4O/c1-26(2)17-29-19-28(5)20-30(18-27(3)4)41(29)31-24-44-45(25-31)33-9-8-10-34(22-33)47-35-13-14-37-36-11-6-7-12-38(36)46(39(37)23-35)40-21-32(42)15-16-43-40/h6-16,19-27H,17-18H2,1-5H3. The normalized spacial score (nSPS) is 11.7. The van der Waals surface area contributed by atoms with Crippen LogP contribution >= 0.6 is 0 Å². The van der Waals surface area contributed by atoms with Crippen LogP contribution in [0.15, 0.2) is 110 Å². The second kappa shape index (κ2) is 12.5. The highest BCUT2D eigenvalue weighted by Gasteiger charge is 2.18. The highest BCUT2D eigenvalue weighted by Crippen LogP contribution is 2.36. The average Bonchev–Trinajstić information content (AvgIpc) is 3.63. The molecule has 0 saturated heterocycles. The van der Waals surface area contributed by atoms with E-state index in [1.807, 2.05) is 70.0 Å². The van der Waals surface area contributed by atoms with Crippen molar-refractivity contribution in [3.8, 4) is 34.1 Å². The average molecular weight is 623 g/mol. The third-order valence-corrected chi connectivity index (χ3v) is 8.47.